The maximum absolute atomic E-state index is 10.4. The van der Waals surface area contributed by atoms with E-state index >= 15 is 0 Å². The molecule has 0 aliphatic rings. The Kier molecular flexibility index (Phi) is 18.0. The molecule has 26 heavy (non-hydrogen) atoms. The fourth-order valence-corrected chi connectivity index (χ4v) is 2.97. The lowest BCUT2D eigenvalue weighted by Crippen LogP contribution is -2.26. The number of hydrogen-bond acceptors (Lipinski definition) is 3. The van der Waals surface area contributed by atoms with E-state index in [9.17, 15) is 15.0 Å². The van der Waals surface area contributed by atoms with Gasteiger partial charge in [-0.1, -0.05) is 96.3 Å². The Morgan fingerprint density at radius 3 is 1.62 bits per heavy atom. The summed E-state index contributed by atoms with van der Waals surface area (Å²) in [5.41, 5.74) is 0. The summed E-state index contributed by atoms with van der Waals surface area (Å²) in [5.74, 6) is 4.22. The smallest absolute Gasteiger partial charge is 0.306 e. The summed E-state index contributed by atoms with van der Waals surface area (Å²) < 4.78 is 0. The Morgan fingerprint density at radius 1 is 0.769 bits per heavy atom. The van der Waals surface area contributed by atoms with E-state index in [1.165, 1.54) is 77.0 Å². The molecule has 0 bridgehead atoms. The molecule has 0 rings (SSSR count). The first kappa shape index (κ1) is 24.9. The van der Waals surface area contributed by atoms with Crippen molar-refractivity contribution < 1.29 is 20.1 Å². The van der Waals surface area contributed by atoms with Gasteiger partial charge in [0.05, 0.1) is 6.42 Å². The average Bonchev–Trinajstić information content (AvgIpc) is 2.60. The quantitative estimate of drug-likeness (QED) is 0.248. The minimum absolute atomic E-state index is 0.477. The average molecular weight is 369 g/mol. The highest BCUT2D eigenvalue weighted by molar-refractivity contribution is 5.67. The summed E-state index contributed by atoms with van der Waals surface area (Å²) in [6.45, 7) is 2.26. The maximum Gasteiger partial charge on any atom is 0.306 e. The van der Waals surface area contributed by atoms with Crippen LogP contribution in [-0.4, -0.2) is 33.5 Å². The molecule has 2 unspecified atom stereocenters. The highest BCUT2D eigenvalue weighted by Gasteiger charge is 2.16. The zero-order valence-electron chi connectivity index (χ0n) is 16.7. The fourth-order valence-electron chi connectivity index (χ4n) is 2.97. The number of aliphatic hydroxyl groups excluding tert-OH is 2. The molecule has 2 atom stereocenters. The number of unbranched alkanes of at least 4 members (excludes halogenated alkanes) is 14. The Bertz CT molecular complexity index is 383. The van der Waals surface area contributed by atoms with Crippen molar-refractivity contribution >= 4 is 5.97 Å². The van der Waals surface area contributed by atoms with E-state index in [4.69, 9.17) is 5.11 Å². The Balaban J connectivity index is 3.32. The van der Waals surface area contributed by atoms with Crippen LogP contribution in [0.1, 0.15) is 110 Å². The van der Waals surface area contributed by atoms with Gasteiger partial charge in [0.1, 0.15) is 12.2 Å². The van der Waals surface area contributed by atoms with Gasteiger partial charge in [-0.2, -0.15) is 0 Å². The number of aliphatic carboxylic acids is 1. The molecule has 0 saturated carbocycles. The fraction of sp³-hybridized carbons (Fsp3) is 0.864. The van der Waals surface area contributed by atoms with Crippen LogP contribution in [0.4, 0.5) is 0 Å². The lowest BCUT2D eigenvalue weighted by Gasteiger charge is -2.09. The van der Waals surface area contributed by atoms with Crippen molar-refractivity contribution in [3.05, 3.63) is 0 Å². The van der Waals surface area contributed by atoms with E-state index in [1.54, 1.807) is 0 Å². The van der Waals surface area contributed by atoms with Gasteiger partial charge in [0.2, 0.25) is 0 Å². The Labute approximate surface area is 160 Å². The molecule has 0 radical (unpaired) electrons. The van der Waals surface area contributed by atoms with E-state index < -0.39 is 24.6 Å². The molecule has 0 aliphatic heterocycles. The monoisotopic (exact) mass is 368 g/mol. The van der Waals surface area contributed by atoms with Crippen LogP contribution in [-0.2, 0) is 4.79 Å². The van der Waals surface area contributed by atoms with Crippen molar-refractivity contribution in [2.24, 2.45) is 0 Å². The molecule has 0 aliphatic carbocycles. The second kappa shape index (κ2) is 18.7. The zero-order valence-corrected chi connectivity index (χ0v) is 16.7. The van der Waals surface area contributed by atoms with Crippen LogP contribution in [0.5, 0.6) is 0 Å². The minimum atomic E-state index is -1.31. The predicted octanol–water partition coefficient (Wildman–Crippen LogP) is 5.06. The first-order chi connectivity index (χ1) is 12.6. The van der Waals surface area contributed by atoms with Gasteiger partial charge >= 0.3 is 5.97 Å². The van der Waals surface area contributed by atoms with Crippen LogP contribution in [0.15, 0.2) is 0 Å². The third-order valence-corrected chi connectivity index (χ3v) is 4.65. The van der Waals surface area contributed by atoms with Crippen LogP contribution in [0.2, 0.25) is 0 Å². The molecular weight excluding hydrogens is 328 g/mol. The van der Waals surface area contributed by atoms with Gasteiger partial charge < -0.3 is 15.3 Å². The highest BCUT2D eigenvalue weighted by atomic mass is 16.4. The van der Waals surface area contributed by atoms with Crippen molar-refractivity contribution in [1.82, 2.24) is 0 Å². The number of rotatable bonds is 17. The van der Waals surface area contributed by atoms with Crippen molar-refractivity contribution in [1.29, 1.82) is 0 Å². The standard InChI is InChI=1S/C22H40O4/c1-2-3-4-5-6-7-8-9-10-11-12-13-14-15-16-17-18-20(23)21(24)19-22(25)26/h20-21,23-24H,2-16,19H2,1H3,(H,25,26). The summed E-state index contributed by atoms with van der Waals surface area (Å²) in [6.07, 6.45) is 16.0. The number of carboxylic acid groups (broad SMARTS) is 1. The second-order valence-corrected chi connectivity index (χ2v) is 7.28. The number of hydrogen-bond donors (Lipinski definition) is 3. The van der Waals surface area contributed by atoms with Gasteiger partial charge in [-0.3, -0.25) is 4.79 Å². The molecule has 0 aromatic carbocycles. The Morgan fingerprint density at radius 2 is 1.19 bits per heavy atom. The normalized spacial score (nSPS) is 13.0. The lowest BCUT2D eigenvalue weighted by molar-refractivity contribution is -0.140. The summed E-state index contributed by atoms with van der Waals surface area (Å²) >= 11 is 0. The lowest BCUT2D eigenvalue weighted by atomic mass is 10.0. The number of aliphatic hydroxyl groups is 2. The molecule has 0 aromatic heterocycles. The van der Waals surface area contributed by atoms with E-state index in [-0.39, 0.29) is 0 Å². The summed E-state index contributed by atoms with van der Waals surface area (Å²) in [6, 6.07) is 0. The van der Waals surface area contributed by atoms with Crippen LogP contribution in [0.3, 0.4) is 0 Å². The van der Waals surface area contributed by atoms with Gasteiger partial charge in [-0.15, -0.1) is 5.92 Å². The van der Waals surface area contributed by atoms with Gasteiger partial charge in [-0.25, -0.2) is 0 Å². The topological polar surface area (TPSA) is 77.8 Å². The number of carboxylic acids is 1. The molecule has 152 valence electrons. The molecule has 0 amide bonds. The van der Waals surface area contributed by atoms with Crippen molar-refractivity contribution in [3.63, 3.8) is 0 Å². The third-order valence-electron chi connectivity index (χ3n) is 4.65. The minimum Gasteiger partial charge on any atom is -0.481 e. The SMILES string of the molecule is CCCCCCCCCCCCCCCCC#CC(O)C(O)CC(=O)O. The van der Waals surface area contributed by atoms with E-state index in [0.29, 0.717) is 6.42 Å². The van der Waals surface area contributed by atoms with Crippen LogP contribution >= 0.6 is 0 Å². The third kappa shape index (κ3) is 17.8. The molecule has 4 heteroatoms. The summed E-state index contributed by atoms with van der Waals surface area (Å²) in [7, 11) is 0. The molecule has 3 N–H and O–H groups in total. The molecule has 0 fully saturated rings. The van der Waals surface area contributed by atoms with E-state index in [0.717, 1.165) is 12.8 Å². The van der Waals surface area contributed by atoms with Gasteiger partial charge in [0.15, 0.2) is 0 Å². The first-order valence-corrected chi connectivity index (χ1v) is 10.6. The molecular formula is C22H40O4. The van der Waals surface area contributed by atoms with Crippen LogP contribution < -0.4 is 0 Å². The van der Waals surface area contributed by atoms with Crippen LogP contribution in [0.25, 0.3) is 0 Å². The number of carbonyl (C=O) groups is 1. The maximum atomic E-state index is 10.4. The first-order valence-electron chi connectivity index (χ1n) is 10.6. The second-order valence-electron chi connectivity index (χ2n) is 7.28. The van der Waals surface area contributed by atoms with Gasteiger partial charge in [0.25, 0.3) is 0 Å². The van der Waals surface area contributed by atoms with Gasteiger partial charge in [-0.05, 0) is 6.42 Å². The molecule has 0 heterocycles. The molecule has 0 aromatic rings. The van der Waals surface area contributed by atoms with E-state index in [2.05, 4.69) is 18.8 Å². The van der Waals surface area contributed by atoms with Crippen LogP contribution in [0, 0.1) is 11.8 Å². The van der Waals surface area contributed by atoms with Crippen molar-refractivity contribution in [3.8, 4) is 11.8 Å². The molecule has 0 spiro atoms. The molecule has 4 nitrogen and oxygen atoms in total. The highest BCUT2D eigenvalue weighted by Crippen LogP contribution is 2.13. The van der Waals surface area contributed by atoms with Crippen molar-refractivity contribution in [2.75, 3.05) is 0 Å². The summed E-state index contributed by atoms with van der Waals surface area (Å²) in [5, 5.41) is 27.4. The zero-order chi connectivity index (χ0) is 19.5. The molecule has 0 saturated heterocycles. The van der Waals surface area contributed by atoms with Gasteiger partial charge in [0, 0.05) is 6.42 Å². The Hall–Kier alpha value is -1.05. The van der Waals surface area contributed by atoms with E-state index in [1.807, 2.05) is 0 Å². The van der Waals surface area contributed by atoms with Crippen molar-refractivity contribution in [2.45, 2.75) is 122 Å². The predicted molar refractivity (Wildman–Crippen MR) is 107 cm³/mol. The summed E-state index contributed by atoms with van der Waals surface area (Å²) in [4.78, 5) is 10.4. The largest absolute Gasteiger partial charge is 0.481 e.